The van der Waals surface area contributed by atoms with Gasteiger partial charge in [-0.2, -0.15) is 10.2 Å². The van der Waals surface area contributed by atoms with Gasteiger partial charge in [-0.15, -0.1) is 5.10 Å². The molecule has 0 saturated carbocycles. The highest BCUT2D eigenvalue weighted by Crippen LogP contribution is 2.33. The van der Waals surface area contributed by atoms with E-state index >= 15 is 0 Å². The van der Waals surface area contributed by atoms with Gasteiger partial charge in [-0.05, 0) is 23.8 Å². The Morgan fingerprint density at radius 2 is 1.31 bits per heavy atom. The Balaban J connectivity index is 1.51. The standard InChI is InChI=1S/C27H21N4P/c1-3-13-23(14-4-1)32(24-15-5-2-6-16-24)26-18-10-8-12-22(26)20-29-31-27-25-17-9-7-11-21(25)19-28-30-27/h1-20H,(H,30,31)/b29-20-. The predicted octanol–water partition coefficient (Wildman–Crippen LogP) is 4.83. The van der Waals surface area contributed by atoms with Crippen molar-refractivity contribution < 1.29 is 0 Å². The zero-order chi connectivity index (χ0) is 21.6. The first-order valence-corrected chi connectivity index (χ1v) is 11.7. The topological polar surface area (TPSA) is 50.2 Å². The van der Waals surface area contributed by atoms with Crippen molar-refractivity contribution in [2.45, 2.75) is 0 Å². The molecule has 4 nitrogen and oxygen atoms in total. The number of hydrazone groups is 1. The lowest BCUT2D eigenvalue weighted by Gasteiger charge is -2.21. The number of rotatable bonds is 6. The molecule has 5 heteroatoms. The molecule has 32 heavy (non-hydrogen) atoms. The van der Waals surface area contributed by atoms with Crippen LogP contribution in [0.5, 0.6) is 0 Å². The molecular weight excluding hydrogens is 411 g/mol. The molecule has 0 aliphatic carbocycles. The summed E-state index contributed by atoms with van der Waals surface area (Å²) in [5.74, 6) is 0.644. The normalized spacial score (nSPS) is 11.3. The third-order valence-electron chi connectivity index (χ3n) is 5.15. The summed E-state index contributed by atoms with van der Waals surface area (Å²) in [6.45, 7) is 0. The van der Waals surface area contributed by atoms with Crippen LogP contribution in [0.2, 0.25) is 0 Å². The Kier molecular flexibility index (Phi) is 5.95. The Hall–Kier alpha value is -3.88. The maximum atomic E-state index is 4.53. The van der Waals surface area contributed by atoms with Crippen LogP contribution in [0.4, 0.5) is 5.82 Å². The molecule has 154 valence electrons. The van der Waals surface area contributed by atoms with Gasteiger partial charge in [0.1, 0.15) is 0 Å². The molecule has 0 fully saturated rings. The fourth-order valence-electron chi connectivity index (χ4n) is 3.66. The van der Waals surface area contributed by atoms with Crippen LogP contribution in [0.1, 0.15) is 5.56 Å². The van der Waals surface area contributed by atoms with Crippen molar-refractivity contribution in [3.8, 4) is 0 Å². The minimum Gasteiger partial charge on any atom is -0.259 e. The summed E-state index contributed by atoms with van der Waals surface area (Å²) in [4.78, 5) is 0. The Labute approximate surface area is 188 Å². The summed E-state index contributed by atoms with van der Waals surface area (Å²) in [5, 5.41) is 18.7. The number of anilines is 1. The largest absolute Gasteiger partial charge is 0.259 e. The highest BCUT2D eigenvalue weighted by atomic mass is 31.1. The number of fused-ring (bicyclic) bond motifs is 1. The molecule has 5 rings (SSSR count). The van der Waals surface area contributed by atoms with Crippen LogP contribution in [0, 0.1) is 0 Å². The van der Waals surface area contributed by atoms with Gasteiger partial charge in [0.25, 0.3) is 0 Å². The molecule has 5 aromatic rings. The Morgan fingerprint density at radius 1 is 0.688 bits per heavy atom. The quantitative estimate of drug-likeness (QED) is 0.237. The molecule has 0 unspecified atom stereocenters. The van der Waals surface area contributed by atoms with E-state index in [9.17, 15) is 0 Å². The molecule has 1 N–H and O–H groups in total. The van der Waals surface area contributed by atoms with Crippen LogP contribution < -0.4 is 21.3 Å². The molecule has 0 bridgehead atoms. The number of hydrogen-bond acceptors (Lipinski definition) is 4. The third-order valence-corrected chi connectivity index (χ3v) is 7.67. The highest BCUT2D eigenvalue weighted by molar-refractivity contribution is 7.80. The maximum absolute atomic E-state index is 4.53. The molecular formula is C27H21N4P. The van der Waals surface area contributed by atoms with Gasteiger partial charge >= 0.3 is 0 Å². The summed E-state index contributed by atoms with van der Waals surface area (Å²) < 4.78 is 0. The second-order valence-corrected chi connectivity index (χ2v) is 9.40. The van der Waals surface area contributed by atoms with E-state index in [1.807, 2.05) is 36.5 Å². The third kappa shape index (κ3) is 4.27. The van der Waals surface area contributed by atoms with Crippen LogP contribution in [0.3, 0.4) is 0 Å². The molecule has 0 saturated heterocycles. The lowest BCUT2D eigenvalue weighted by atomic mass is 10.2. The van der Waals surface area contributed by atoms with E-state index < -0.39 is 7.92 Å². The molecule has 0 spiro atoms. The van der Waals surface area contributed by atoms with E-state index in [0.29, 0.717) is 5.82 Å². The van der Waals surface area contributed by atoms with Gasteiger partial charge in [-0.3, -0.25) is 5.43 Å². The Bertz CT molecular complexity index is 1310. The first-order chi connectivity index (χ1) is 15.9. The van der Waals surface area contributed by atoms with E-state index in [2.05, 4.69) is 99.6 Å². The van der Waals surface area contributed by atoms with E-state index in [0.717, 1.165) is 16.3 Å². The fraction of sp³-hybridized carbons (Fsp3) is 0. The van der Waals surface area contributed by atoms with Gasteiger partial charge in [-0.25, -0.2) is 0 Å². The van der Waals surface area contributed by atoms with Crippen molar-refractivity contribution in [2.24, 2.45) is 5.10 Å². The lowest BCUT2D eigenvalue weighted by Crippen LogP contribution is -2.23. The fourth-order valence-corrected chi connectivity index (χ4v) is 6.08. The van der Waals surface area contributed by atoms with Crippen molar-refractivity contribution in [2.75, 3.05) is 5.43 Å². The summed E-state index contributed by atoms with van der Waals surface area (Å²) in [5.41, 5.74) is 4.16. The van der Waals surface area contributed by atoms with Crippen LogP contribution >= 0.6 is 7.92 Å². The van der Waals surface area contributed by atoms with Gasteiger partial charge in [0.2, 0.25) is 0 Å². The van der Waals surface area contributed by atoms with Crippen molar-refractivity contribution in [3.63, 3.8) is 0 Å². The first-order valence-electron chi connectivity index (χ1n) is 10.4. The zero-order valence-corrected chi connectivity index (χ0v) is 18.2. The smallest absolute Gasteiger partial charge is 0.176 e. The number of nitrogens with one attached hydrogen (secondary N) is 1. The first kappa shape index (κ1) is 20.0. The summed E-state index contributed by atoms with van der Waals surface area (Å²) in [7, 11) is -0.713. The number of aromatic nitrogens is 2. The Morgan fingerprint density at radius 3 is 2.06 bits per heavy atom. The van der Waals surface area contributed by atoms with E-state index in [-0.39, 0.29) is 0 Å². The minimum atomic E-state index is -0.713. The van der Waals surface area contributed by atoms with Crippen molar-refractivity contribution in [1.29, 1.82) is 0 Å². The SMILES string of the molecule is C(=N/Nc1nncc2ccccc12)/c1ccccc1P(c1ccccc1)c1ccccc1. The molecule has 4 aromatic carbocycles. The zero-order valence-electron chi connectivity index (χ0n) is 17.3. The van der Waals surface area contributed by atoms with E-state index in [4.69, 9.17) is 0 Å². The van der Waals surface area contributed by atoms with Gasteiger partial charge in [-0.1, -0.05) is 109 Å². The van der Waals surface area contributed by atoms with Crippen molar-refractivity contribution >= 4 is 46.6 Å². The van der Waals surface area contributed by atoms with Crippen LogP contribution in [-0.4, -0.2) is 16.4 Å². The number of benzene rings is 4. The number of nitrogens with zero attached hydrogens (tertiary/aromatic N) is 3. The maximum Gasteiger partial charge on any atom is 0.176 e. The molecule has 0 amide bonds. The van der Waals surface area contributed by atoms with Gasteiger partial charge in [0, 0.05) is 16.3 Å². The van der Waals surface area contributed by atoms with Gasteiger partial charge in [0.15, 0.2) is 5.82 Å². The summed E-state index contributed by atoms with van der Waals surface area (Å²) >= 11 is 0. The summed E-state index contributed by atoms with van der Waals surface area (Å²) in [6.07, 6.45) is 3.63. The molecule has 0 atom stereocenters. The van der Waals surface area contributed by atoms with Gasteiger partial charge < -0.3 is 0 Å². The predicted molar refractivity (Wildman–Crippen MR) is 136 cm³/mol. The average molecular weight is 432 g/mol. The van der Waals surface area contributed by atoms with Gasteiger partial charge in [0.05, 0.1) is 12.4 Å². The molecule has 1 heterocycles. The van der Waals surface area contributed by atoms with Crippen LogP contribution in [0.15, 0.2) is 120 Å². The lowest BCUT2D eigenvalue weighted by molar-refractivity contribution is 1.04. The van der Waals surface area contributed by atoms with Crippen molar-refractivity contribution in [3.05, 3.63) is 121 Å². The molecule has 0 aliphatic rings. The second kappa shape index (κ2) is 9.51. The minimum absolute atomic E-state index is 0.644. The number of hydrogen-bond donors (Lipinski definition) is 1. The van der Waals surface area contributed by atoms with E-state index in [1.54, 1.807) is 6.20 Å². The monoisotopic (exact) mass is 432 g/mol. The van der Waals surface area contributed by atoms with Crippen LogP contribution in [-0.2, 0) is 0 Å². The molecule has 1 aromatic heterocycles. The van der Waals surface area contributed by atoms with E-state index in [1.165, 1.54) is 15.9 Å². The molecule has 0 aliphatic heterocycles. The van der Waals surface area contributed by atoms with Crippen molar-refractivity contribution in [1.82, 2.24) is 10.2 Å². The van der Waals surface area contributed by atoms with Crippen LogP contribution in [0.25, 0.3) is 10.8 Å². The average Bonchev–Trinajstić information content (AvgIpc) is 2.87. The summed E-state index contributed by atoms with van der Waals surface area (Å²) in [6, 6.07) is 37.8. The second-order valence-electron chi connectivity index (χ2n) is 7.22. The highest BCUT2D eigenvalue weighted by Gasteiger charge is 2.18. The molecule has 0 radical (unpaired) electrons.